The Hall–Kier alpha value is -0.755. The lowest BCUT2D eigenvalue weighted by molar-refractivity contribution is -0.144. The summed E-state index contributed by atoms with van der Waals surface area (Å²) in [7, 11) is -5.24. The van der Waals surface area contributed by atoms with Crippen LogP contribution in [-0.2, 0) is 15.0 Å². The first-order chi connectivity index (χ1) is 12.1. The summed E-state index contributed by atoms with van der Waals surface area (Å²) in [5, 5.41) is 31.0. The highest BCUT2D eigenvalue weighted by Crippen LogP contribution is 2.47. The molecular formula is C14H25BN4O6S. The number of nitrogens with two attached hydrogens (primary N) is 1. The zero-order valence-electron chi connectivity index (χ0n) is 14.4. The summed E-state index contributed by atoms with van der Waals surface area (Å²) in [5.41, 5.74) is 4.45. The second kappa shape index (κ2) is 6.13. The fraction of sp³-hybridized carbons (Fsp3) is 0.929. The number of hydrogen-bond acceptors (Lipinski definition) is 7. The van der Waals surface area contributed by atoms with Crippen LogP contribution in [0, 0.1) is 5.92 Å². The molecule has 6 atom stereocenters. The van der Waals surface area contributed by atoms with Crippen LogP contribution in [0.3, 0.4) is 0 Å². The molecule has 146 valence electrons. The number of piperazine rings is 1. The van der Waals surface area contributed by atoms with Gasteiger partial charge in [-0.1, -0.05) is 6.42 Å². The van der Waals surface area contributed by atoms with E-state index in [2.05, 4.69) is 5.32 Å². The maximum Gasteiger partial charge on any atom is 0.451 e. The van der Waals surface area contributed by atoms with Gasteiger partial charge in [0.2, 0.25) is 0 Å². The average Bonchev–Trinajstić information content (AvgIpc) is 3.43. The van der Waals surface area contributed by atoms with Gasteiger partial charge >= 0.3 is 13.1 Å². The van der Waals surface area contributed by atoms with E-state index in [1.165, 1.54) is 4.31 Å². The second-order valence-electron chi connectivity index (χ2n) is 8.07. The third kappa shape index (κ3) is 2.97. The van der Waals surface area contributed by atoms with E-state index in [9.17, 15) is 18.3 Å². The van der Waals surface area contributed by atoms with Gasteiger partial charge < -0.3 is 26.2 Å². The number of aliphatic carboxylic acids is 1. The summed E-state index contributed by atoms with van der Waals surface area (Å²) in [6, 6.07) is 0.342. The molecule has 0 amide bonds. The lowest BCUT2D eigenvalue weighted by Gasteiger charge is -2.30. The molecule has 6 N–H and O–H groups in total. The largest absolute Gasteiger partial charge is 0.480 e. The van der Waals surface area contributed by atoms with Crippen molar-refractivity contribution in [1.82, 2.24) is 13.9 Å². The lowest BCUT2D eigenvalue weighted by atomic mass is 9.78. The number of rotatable bonds is 7. The number of fused-ring (bicyclic) bond motifs is 2. The van der Waals surface area contributed by atoms with E-state index in [1.807, 2.05) is 0 Å². The van der Waals surface area contributed by atoms with E-state index in [0.29, 0.717) is 12.8 Å². The van der Waals surface area contributed by atoms with Crippen LogP contribution in [0.1, 0.15) is 25.7 Å². The number of carbonyl (C=O) groups is 1. The first-order valence-corrected chi connectivity index (χ1v) is 10.5. The van der Waals surface area contributed by atoms with E-state index in [-0.39, 0.29) is 43.6 Å². The summed E-state index contributed by atoms with van der Waals surface area (Å²) in [4.78, 5) is 11.8. The molecular weight excluding hydrogens is 363 g/mol. The Morgan fingerprint density at radius 1 is 1.27 bits per heavy atom. The Balaban J connectivity index is 1.51. The van der Waals surface area contributed by atoms with Crippen molar-refractivity contribution >= 4 is 23.3 Å². The quantitative estimate of drug-likeness (QED) is 0.297. The van der Waals surface area contributed by atoms with Gasteiger partial charge in [0.1, 0.15) is 5.54 Å². The molecule has 2 aliphatic carbocycles. The van der Waals surface area contributed by atoms with E-state index >= 15 is 0 Å². The molecule has 0 unspecified atom stereocenters. The van der Waals surface area contributed by atoms with Crippen LogP contribution in [0.2, 0.25) is 6.32 Å². The Morgan fingerprint density at radius 3 is 2.42 bits per heavy atom. The van der Waals surface area contributed by atoms with Crippen molar-refractivity contribution in [2.24, 2.45) is 11.7 Å². The predicted octanol–water partition coefficient (Wildman–Crippen LogP) is -2.61. The maximum absolute atomic E-state index is 13.2. The van der Waals surface area contributed by atoms with Crippen molar-refractivity contribution in [2.45, 2.75) is 61.7 Å². The van der Waals surface area contributed by atoms with Gasteiger partial charge in [-0.2, -0.15) is 17.0 Å². The molecule has 4 rings (SSSR count). The fourth-order valence-electron chi connectivity index (χ4n) is 4.49. The second-order valence-corrected chi connectivity index (χ2v) is 9.90. The van der Waals surface area contributed by atoms with Crippen LogP contribution in [0.25, 0.3) is 0 Å². The van der Waals surface area contributed by atoms with Crippen LogP contribution < -0.4 is 11.1 Å². The van der Waals surface area contributed by atoms with Crippen molar-refractivity contribution in [3.05, 3.63) is 0 Å². The van der Waals surface area contributed by atoms with Crippen LogP contribution in [0.5, 0.6) is 0 Å². The molecule has 4 fully saturated rings. The normalized spacial score (nSPS) is 42.2. The van der Waals surface area contributed by atoms with Gasteiger partial charge in [-0.15, -0.1) is 0 Å². The number of hydrogen-bond donors (Lipinski definition) is 5. The van der Waals surface area contributed by atoms with Crippen molar-refractivity contribution in [2.75, 3.05) is 13.1 Å². The highest BCUT2D eigenvalue weighted by molar-refractivity contribution is 7.86. The van der Waals surface area contributed by atoms with Crippen molar-refractivity contribution in [3.63, 3.8) is 0 Å². The van der Waals surface area contributed by atoms with Gasteiger partial charge in [-0.3, -0.25) is 4.79 Å². The van der Waals surface area contributed by atoms with Crippen LogP contribution in [0.4, 0.5) is 0 Å². The summed E-state index contributed by atoms with van der Waals surface area (Å²) in [6.07, 6.45) is 2.39. The predicted molar refractivity (Wildman–Crippen MR) is 92.1 cm³/mol. The zero-order valence-corrected chi connectivity index (χ0v) is 15.2. The van der Waals surface area contributed by atoms with Crippen LogP contribution in [-0.4, -0.2) is 88.1 Å². The summed E-state index contributed by atoms with van der Waals surface area (Å²) in [6.45, 7) is -0.207. The molecule has 0 spiro atoms. The first-order valence-electron chi connectivity index (χ1n) is 9.07. The Kier molecular flexibility index (Phi) is 4.38. The number of carboxylic acid groups (broad SMARTS) is 1. The molecule has 0 bridgehead atoms. The zero-order chi connectivity index (χ0) is 18.9. The molecule has 2 saturated carbocycles. The van der Waals surface area contributed by atoms with Crippen molar-refractivity contribution < 1.29 is 28.4 Å². The molecule has 2 heterocycles. The molecule has 4 aliphatic rings. The number of carboxylic acids is 1. The molecule has 0 aromatic carbocycles. The summed E-state index contributed by atoms with van der Waals surface area (Å²) >= 11 is 0. The molecule has 0 aromatic heterocycles. The van der Waals surface area contributed by atoms with Crippen molar-refractivity contribution in [3.8, 4) is 0 Å². The highest BCUT2D eigenvalue weighted by Gasteiger charge is 2.64. The lowest BCUT2D eigenvalue weighted by Crippen LogP contribution is -2.56. The van der Waals surface area contributed by atoms with E-state index in [1.54, 1.807) is 4.31 Å². The van der Waals surface area contributed by atoms with Gasteiger partial charge in [0.25, 0.3) is 10.2 Å². The number of nitrogens with one attached hydrogen (secondary N) is 1. The molecule has 12 heteroatoms. The van der Waals surface area contributed by atoms with Gasteiger partial charge in [-0.05, 0) is 25.6 Å². The van der Waals surface area contributed by atoms with Crippen LogP contribution in [0.15, 0.2) is 0 Å². The smallest absolute Gasteiger partial charge is 0.451 e. The third-order valence-corrected chi connectivity index (χ3v) is 8.20. The third-order valence-electron chi connectivity index (χ3n) is 6.19. The molecule has 2 aliphatic heterocycles. The Morgan fingerprint density at radius 2 is 1.88 bits per heavy atom. The molecule has 2 saturated heterocycles. The minimum atomic E-state index is -3.77. The molecule has 26 heavy (non-hydrogen) atoms. The first kappa shape index (κ1) is 18.6. The summed E-state index contributed by atoms with van der Waals surface area (Å²) < 4.78 is 29.2. The standard InChI is InChI=1S/C14H25BN4O6S/c16-14(13(20)21)7-18(6-8(14)2-1-3-15(22)23)26(24,25)19-11-4-9(11)17-10-5-12(10)19/h8-12,17,22-23H,1-7,16H2,(H,20,21)/t8-,9-,10-,11+,12+,14-/m0/s1. The SMILES string of the molecule is N[C@@]1(C(=O)O)CN(S(=O)(=O)N2[C@@H]3C[C@@H]3N[C@H]3C[C@H]32)C[C@@H]1CCCB(O)O. The van der Waals surface area contributed by atoms with Crippen molar-refractivity contribution in [1.29, 1.82) is 0 Å². The maximum atomic E-state index is 13.2. The Labute approximate surface area is 152 Å². The van der Waals surface area contributed by atoms with Gasteiger partial charge in [0.05, 0.1) is 0 Å². The monoisotopic (exact) mass is 388 g/mol. The molecule has 0 aromatic rings. The molecule has 10 nitrogen and oxygen atoms in total. The number of nitrogens with zero attached hydrogens (tertiary/aromatic N) is 2. The minimum Gasteiger partial charge on any atom is -0.480 e. The highest BCUT2D eigenvalue weighted by atomic mass is 32.2. The summed E-state index contributed by atoms with van der Waals surface area (Å²) in [5.74, 6) is -1.79. The topological polar surface area (TPSA) is 156 Å². The van der Waals surface area contributed by atoms with E-state index in [0.717, 1.165) is 12.8 Å². The van der Waals surface area contributed by atoms with Gasteiger partial charge in [0, 0.05) is 43.2 Å². The fourth-order valence-corrected chi connectivity index (χ4v) is 6.65. The van der Waals surface area contributed by atoms with E-state index in [4.69, 9.17) is 15.8 Å². The van der Waals surface area contributed by atoms with E-state index < -0.39 is 34.8 Å². The van der Waals surface area contributed by atoms with Gasteiger partial charge in [-0.25, -0.2) is 0 Å². The molecule has 0 radical (unpaired) electrons. The van der Waals surface area contributed by atoms with Gasteiger partial charge in [0.15, 0.2) is 0 Å². The minimum absolute atomic E-state index is 0.0376. The van der Waals surface area contributed by atoms with Crippen LogP contribution >= 0.6 is 0 Å². The Bertz CT molecular complexity index is 692. The average molecular weight is 388 g/mol.